The molecule has 0 unspecified atom stereocenters. The van der Waals surface area contributed by atoms with Crippen molar-refractivity contribution >= 4 is 22.8 Å². The van der Waals surface area contributed by atoms with Crippen LogP contribution in [0.2, 0.25) is 0 Å². The number of nitrogens with zero attached hydrogens (tertiary/aromatic N) is 2. The Morgan fingerprint density at radius 3 is 2.50 bits per heavy atom. The molecular weight excluding hydrogens is 455 g/mol. The lowest BCUT2D eigenvalue weighted by atomic mass is 9.90. The van der Waals surface area contributed by atoms with Crippen LogP contribution in [0.5, 0.6) is 0 Å². The van der Waals surface area contributed by atoms with Gasteiger partial charge in [0.25, 0.3) is 5.91 Å². The number of benzene rings is 3. The summed E-state index contributed by atoms with van der Waals surface area (Å²) >= 11 is 0. The fourth-order valence-electron chi connectivity index (χ4n) is 4.78. The van der Waals surface area contributed by atoms with Gasteiger partial charge >= 0.3 is 5.97 Å². The average molecular weight is 483 g/mol. The molecule has 0 aliphatic carbocycles. The monoisotopic (exact) mass is 482 g/mol. The minimum atomic E-state index is -0.788. The molecule has 182 valence electrons. The summed E-state index contributed by atoms with van der Waals surface area (Å²) in [5.74, 6) is -0.936. The standard InChI is InChI=1S/C30H27FN2O3/c31-26-11-6-10-21(17-26)25-18-33(19-25)30(36)23-13-14-27-24(16-23)15-22(9-4-5-12-28(34)35)29(32-27)20-7-2-1-3-8-20/h1-3,6-8,10-11,13-17,25H,4-5,9,12,18-19H2,(H,34,35). The number of aryl methyl sites for hydroxylation is 1. The van der Waals surface area contributed by atoms with Crippen LogP contribution in [-0.2, 0) is 11.2 Å². The van der Waals surface area contributed by atoms with Crippen LogP contribution in [0.1, 0.15) is 46.7 Å². The molecule has 1 saturated heterocycles. The molecule has 4 aromatic rings. The van der Waals surface area contributed by atoms with Crippen LogP contribution in [0.3, 0.4) is 0 Å². The van der Waals surface area contributed by atoms with Gasteiger partial charge in [-0.3, -0.25) is 9.59 Å². The number of hydrogen-bond donors (Lipinski definition) is 1. The van der Waals surface area contributed by atoms with Crippen molar-refractivity contribution < 1.29 is 19.1 Å². The second-order valence-corrected chi connectivity index (χ2v) is 9.33. The maximum Gasteiger partial charge on any atom is 0.303 e. The number of fused-ring (bicyclic) bond motifs is 1. The molecule has 6 heteroatoms. The zero-order valence-corrected chi connectivity index (χ0v) is 19.9. The molecule has 36 heavy (non-hydrogen) atoms. The van der Waals surface area contributed by atoms with Gasteiger partial charge in [0, 0.05) is 41.9 Å². The Bertz CT molecular complexity index is 1410. The van der Waals surface area contributed by atoms with Gasteiger partial charge in [-0.2, -0.15) is 0 Å². The van der Waals surface area contributed by atoms with E-state index in [2.05, 4.69) is 6.07 Å². The predicted octanol–water partition coefficient (Wildman–Crippen LogP) is 6.08. The molecule has 2 heterocycles. The van der Waals surface area contributed by atoms with Crippen molar-refractivity contribution in [2.24, 2.45) is 0 Å². The zero-order chi connectivity index (χ0) is 25.1. The zero-order valence-electron chi connectivity index (χ0n) is 19.9. The number of carbonyl (C=O) groups excluding carboxylic acids is 1. The molecule has 5 rings (SSSR count). The number of aliphatic carboxylic acids is 1. The number of carbonyl (C=O) groups is 2. The van der Waals surface area contributed by atoms with Crippen molar-refractivity contribution in [1.82, 2.24) is 9.88 Å². The smallest absolute Gasteiger partial charge is 0.303 e. The highest BCUT2D eigenvalue weighted by Gasteiger charge is 2.32. The third-order valence-electron chi connectivity index (χ3n) is 6.76. The Hall–Kier alpha value is -4.06. The predicted molar refractivity (Wildman–Crippen MR) is 137 cm³/mol. The van der Waals surface area contributed by atoms with Gasteiger partial charge in [-0.1, -0.05) is 42.5 Å². The first-order valence-electron chi connectivity index (χ1n) is 12.2. The van der Waals surface area contributed by atoms with Crippen molar-refractivity contribution in [3.63, 3.8) is 0 Å². The molecule has 3 aromatic carbocycles. The number of amides is 1. The first kappa shape index (κ1) is 23.7. The number of rotatable bonds is 8. The molecule has 5 nitrogen and oxygen atoms in total. The topological polar surface area (TPSA) is 70.5 Å². The van der Waals surface area contributed by atoms with Crippen molar-refractivity contribution in [2.75, 3.05) is 13.1 Å². The van der Waals surface area contributed by atoms with Gasteiger partial charge in [-0.15, -0.1) is 0 Å². The first-order valence-corrected chi connectivity index (χ1v) is 12.2. The summed E-state index contributed by atoms with van der Waals surface area (Å²) in [7, 11) is 0. The molecule has 1 N–H and O–H groups in total. The summed E-state index contributed by atoms with van der Waals surface area (Å²) < 4.78 is 13.5. The number of pyridine rings is 1. The highest BCUT2D eigenvalue weighted by Crippen LogP contribution is 2.31. The molecule has 1 aliphatic heterocycles. The Labute approximate surface area is 209 Å². The lowest BCUT2D eigenvalue weighted by Crippen LogP contribution is -2.48. The van der Waals surface area contributed by atoms with E-state index in [-0.39, 0.29) is 24.1 Å². The molecule has 1 aromatic heterocycles. The van der Waals surface area contributed by atoms with Crippen LogP contribution >= 0.6 is 0 Å². The van der Waals surface area contributed by atoms with E-state index in [0.29, 0.717) is 31.5 Å². The second-order valence-electron chi connectivity index (χ2n) is 9.33. The van der Waals surface area contributed by atoms with Gasteiger partial charge in [0.05, 0.1) is 11.2 Å². The van der Waals surface area contributed by atoms with Gasteiger partial charge in [-0.25, -0.2) is 9.37 Å². The molecule has 1 aliphatic rings. The molecule has 1 amide bonds. The molecule has 0 saturated carbocycles. The number of unbranched alkanes of at least 4 members (excludes halogenated alkanes) is 1. The number of hydrogen-bond acceptors (Lipinski definition) is 3. The van der Waals surface area contributed by atoms with E-state index in [9.17, 15) is 14.0 Å². The summed E-state index contributed by atoms with van der Waals surface area (Å²) in [6, 6.07) is 24.2. The fourth-order valence-corrected chi connectivity index (χ4v) is 4.78. The van der Waals surface area contributed by atoms with Gasteiger partial charge in [0.2, 0.25) is 0 Å². The maximum atomic E-state index is 13.5. The summed E-state index contributed by atoms with van der Waals surface area (Å²) in [6.45, 7) is 1.14. The Morgan fingerprint density at radius 2 is 1.75 bits per heavy atom. The molecule has 0 bridgehead atoms. The van der Waals surface area contributed by atoms with E-state index >= 15 is 0 Å². The number of likely N-dealkylation sites (tertiary alicyclic amines) is 1. The summed E-state index contributed by atoms with van der Waals surface area (Å²) in [5, 5.41) is 9.85. The van der Waals surface area contributed by atoms with Crippen LogP contribution in [0.25, 0.3) is 22.2 Å². The first-order chi connectivity index (χ1) is 17.5. The quantitative estimate of drug-likeness (QED) is 0.309. The minimum absolute atomic E-state index is 0.0419. The lowest BCUT2D eigenvalue weighted by molar-refractivity contribution is -0.137. The SMILES string of the molecule is O=C(O)CCCCc1cc2cc(C(=O)N3CC(c4cccc(F)c4)C3)ccc2nc1-c1ccccc1. The lowest BCUT2D eigenvalue weighted by Gasteiger charge is -2.39. The number of carboxylic acid groups (broad SMARTS) is 1. The van der Waals surface area contributed by atoms with Crippen LogP contribution in [-0.4, -0.2) is 40.0 Å². The summed E-state index contributed by atoms with van der Waals surface area (Å²) in [4.78, 5) is 30.8. The third kappa shape index (κ3) is 5.13. The Kier molecular flexibility index (Phi) is 6.76. The number of halogens is 1. The highest BCUT2D eigenvalue weighted by molar-refractivity contribution is 5.99. The largest absolute Gasteiger partial charge is 0.481 e. The molecule has 0 atom stereocenters. The van der Waals surface area contributed by atoms with Crippen molar-refractivity contribution in [2.45, 2.75) is 31.6 Å². The molecule has 0 radical (unpaired) electrons. The van der Waals surface area contributed by atoms with Crippen molar-refractivity contribution in [1.29, 1.82) is 0 Å². The fraction of sp³-hybridized carbons (Fsp3) is 0.233. The minimum Gasteiger partial charge on any atom is -0.481 e. The maximum absolute atomic E-state index is 13.5. The van der Waals surface area contributed by atoms with E-state index in [1.807, 2.05) is 54.6 Å². The van der Waals surface area contributed by atoms with Crippen LogP contribution in [0.4, 0.5) is 4.39 Å². The highest BCUT2D eigenvalue weighted by atomic mass is 19.1. The van der Waals surface area contributed by atoms with Gasteiger partial charge in [0.1, 0.15) is 5.82 Å². The van der Waals surface area contributed by atoms with E-state index < -0.39 is 5.97 Å². The van der Waals surface area contributed by atoms with Crippen molar-refractivity contribution in [3.05, 3.63) is 101 Å². The average Bonchev–Trinajstić information content (AvgIpc) is 2.85. The Balaban J connectivity index is 1.38. The normalized spacial score (nSPS) is 13.5. The number of carboxylic acids is 1. The van der Waals surface area contributed by atoms with E-state index in [0.717, 1.165) is 39.7 Å². The second kappa shape index (κ2) is 10.3. The summed E-state index contributed by atoms with van der Waals surface area (Å²) in [6.07, 6.45) is 2.20. The van der Waals surface area contributed by atoms with Gasteiger partial charge in [0.15, 0.2) is 0 Å². The molecule has 0 spiro atoms. The number of aromatic nitrogens is 1. The van der Waals surface area contributed by atoms with Gasteiger partial charge in [-0.05, 0) is 66.8 Å². The third-order valence-corrected chi connectivity index (χ3v) is 6.76. The summed E-state index contributed by atoms with van der Waals surface area (Å²) in [5.41, 5.74) is 5.27. The van der Waals surface area contributed by atoms with E-state index in [4.69, 9.17) is 10.1 Å². The molecule has 1 fully saturated rings. The van der Waals surface area contributed by atoms with Crippen LogP contribution < -0.4 is 0 Å². The van der Waals surface area contributed by atoms with Crippen LogP contribution in [0, 0.1) is 5.82 Å². The van der Waals surface area contributed by atoms with E-state index in [1.54, 1.807) is 11.0 Å². The molecular formula is C30H27FN2O3. The van der Waals surface area contributed by atoms with Gasteiger partial charge < -0.3 is 10.0 Å². The van der Waals surface area contributed by atoms with Crippen LogP contribution in [0.15, 0.2) is 78.9 Å². The Morgan fingerprint density at radius 1 is 0.944 bits per heavy atom. The van der Waals surface area contributed by atoms with E-state index in [1.165, 1.54) is 12.1 Å². The van der Waals surface area contributed by atoms with Crippen molar-refractivity contribution in [3.8, 4) is 11.3 Å².